The molecule has 0 aliphatic heterocycles. The summed E-state index contributed by atoms with van der Waals surface area (Å²) in [4.78, 5) is 48.5. The summed E-state index contributed by atoms with van der Waals surface area (Å²) in [5.74, 6) is -0.823. The summed E-state index contributed by atoms with van der Waals surface area (Å²) in [6.07, 6.45) is 1.36. The summed E-state index contributed by atoms with van der Waals surface area (Å²) in [7, 11) is 2.89. The highest BCUT2D eigenvalue weighted by molar-refractivity contribution is 7.22. The Labute approximate surface area is 196 Å². The molecule has 0 radical (unpaired) electrons. The van der Waals surface area contributed by atoms with Gasteiger partial charge < -0.3 is 4.57 Å². The maximum Gasteiger partial charge on any atom is 0.332 e. The number of anilines is 1. The second kappa shape index (κ2) is 8.34. The number of aromatic nitrogens is 5. The van der Waals surface area contributed by atoms with Gasteiger partial charge in [-0.15, -0.1) is 0 Å². The lowest BCUT2D eigenvalue weighted by molar-refractivity contribution is -0.119. The first-order valence-corrected chi connectivity index (χ1v) is 11.2. The molecule has 3 aromatic heterocycles. The van der Waals surface area contributed by atoms with E-state index in [9.17, 15) is 18.8 Å². The second-order valence-corrected chi connectivity index (χ2v) is 8.81. The van der Waals surface area contributed by atoms with Gasteiger partial charge >= 0.3 is 5.69 Å². The molecule has 0 spiro atoms. The average molecular weight is 479 g/mol. The van der Waals surface area contributed by atoms with E-state index in [4.69, 9.17) is 0 Å². The molecule has 172 valence electrons. The van der Waals surface area contributed by atoms with Crippen LogP contribution in [0.15, 0.2) is 64.4 Å². The van der Waals surface area contributed by atoms with Gasteiger partial charge in [-0.1, -0.05) is 47.7 Å². The molecule has 0 fully saturated rings. The van der Waals surface area contributed by atoms with Crippen LogP contribution in [0.5, 0.6) is 0 Å². The van der Waals surface area contributed by atoms with Gasteiger partial charge in [0.15, 0.2) is 16.3 Å². The highest BCUT2D eigenvalue weighted by Gasteiger charge is 2.23. The Balaban J connectivity index is 1.58. The third-order valence-electron chi connectivity index (χ3n) is 5.60. The van der Waals surface area contributed by atoms with Crippen molar-refractivity contribution in [3.05, 3.63) is 87.1 Å². The molecule has 11 heteroatoms. The topological polar surface area (TPSA) is 95.0 Å². The Morgan fingerprint density at radius 1 is 1.06 bits per heavy atom. The van der Waals surface area contributed by atoms with E-state index < -0.39 is 17.1 Å². The number of imidazole rings is 1. The zero-order valence-electron chi connectivity index (χ0n) is 18.3. The zero-order chi connectivity index (χ0) is 24.0. The van der Waals surface area contributed by atoms with Crippen molar-refractivity contribution in [1.29, 1.82) is 0 Å². The third kappa shape index (κ3) is 3.59. The van der Waals surface area contributed by atoms with Crippen LogP contribution in [-0.4, -0.2) is 29.6 Å². The van der Waals surface area contributed by atoms with Crippen LogP contribution in [0.3, 0.4) is 0 Å². The number of carbonyl (C=O) groups excluding carboxylic acids is 1. The van der Waals surface area contributed by atoms with E-state index in [1.165, 1.54) is 51.9 Å². The Kier molecular flexibility index (Phi) is 5.33. The van der Waals surface area contributed by atoms with Crippen molar-refractivity contribution in [1.82, 2.24) is 23.7 Å². The summed E-state index contributed by atoms with van der Waals surface area (Å²) in [5, 5.41) is 0.346. The monoisotopic (exact) mass is 478 g/mol. The van der Waals surface area contributed by atoms with Crippen molar-refractivity contribution in [2.45, 2.75) is 13.1 Å². The van der Waals surface area contributed by atoms with Crippen LogP contribution in [0, 0.1) is 5.82 Å². The second-order valence-electron chi connectivity index (χ2n) is 7.80. The predicted molar refractivity (Wildman–Crippen MR) is 127 cm³/mol. The number of para-hydroxylation sites is 1. The van der Waals surface area contributed by atoms with Gasteiger partial charge in [0.2, 0.25) is 5.91 Å². The number of aryl methyl sites for hydroxylation is 1. The average Bonchev–Trinajstić information content (AvgIpc) is 3.46. The first kappa shape index (κ1) is 21.7. The predicted octanol–water partition coefficient (Wildman–Crippen LogP) is 2.42. The number of halogens is 1. The van der Waals surface area contributed by atoms with Crippen molar-refractivity contribution in [3.63, 3.8) is 0 Å². The van der Waals surface area contributed by atoms with Gasteiger partial charge in [-0.05, 0) is 17.7 Å². The summed E-state index contributed by atoms with van der Waals surface area (Å²) in [6, 6.07) is 14.0. The molecular weight excluding hydrogens is 459 g/mol. The quantitative estimate of drug-likeness (QED) is 0.387. The highest BCUT2D eigenvalue weighted by Crippen LogP contribution is 2.31. The molecule has 9 nitrogen and oxygen atoms in total. The molecule has 34 heavy (non-hydrogen) atoms. The Bertz CT molecular complexity index is 1670. The fourth-order valence-corrected chi connectivity index (χ4v) is 4.79. The van der Waals surface area contributed by atoms with Crippen LogP contribution in [0.2, 0.25) is 0 Å². The van der Waals surface area contributed by atoms with Crippen molar-refractivity contribution in [3.8, 4) is 0 Å². The summed E-state index contributed by atoms with van der Waals surface area (Å²) < 4.78 is 18.6. The van der Waals surface area contributed by atoms with Gasteiger partial charge in [-0.3, -0.25) is 23.6 Å². The maximum atomic E-state index is 14.3. The Morgan fingerprint density at radius 3 is 2.56 bits per heavy atom. The molecule has 0 atom stereocenters. The van der Waals surface area contributed by atoms with Gasteiger partial charge in [0.05, 0.1) is 17.6 Å². The number of hydrogen-bond acceptors (Lipinski definition) is 6. The zero-order valence-corrected chi connectivity index (χ0v) is 19.1. The van der Waals surface area contributed by atoms with Crippen molar-refractivity contribution >= 4 is 43.8 Å². The number of amides is 1. The fraction of sp³-hybridized carbons (Fsp3) is 0.174. The number of hydrogen-bond donors (Lipinski definition) is 0. The number of thiazole rings is 1. The van der Waals surface area contributed by atoms with Crippen LogP contribution in [0.25, 0.3) is 21.4 Å². The number of benzene rings is 2. The normalized spacial score (nSPS) is 11.4. The van der Waals surface area contributed by atoms with E-state index in [1.807, 2.05) is 30.3 Å². The molecular formula is C23H19FN6O3S. The van der Waals surface area contributed by atoms with Crippen molar-refractivity contribution < 1.29 is 9.18 Å². The van der Waals surface area contributed by atoms with Crippen molar-refractivity contribution in [2.24, 2.45) is 14.1 Å². The SMILES string of the molecule is Cn1c(=O)c2c(ncn2CC(=O)N(Cc2ccccc2)c2nc3c(F)cccc3s2)n(C)c1=O. The molecule has 2 aromatic carbocycles. The van der Waals surface area contributed by atoms with E-state index in [-0.39, 0.29) is 35.7 Å². The summed E-state index contributed by atoms with van der Waals surface area (Å²) in [5.41, 5.74) is 0.358. The van der Waals surface area contributed by atoms with Gasteiger partial charge in [0.1, 0.15) is 17.9 Å². The summed E-state index contributed by atoms with van der Waals surface area (Å²) in [6.45, 7) is -0.000571. The van der Waals surface area contributed by atoms with Crippen LogP contribution in [-0.2, 0) is 32.0 Å². The fourth-order valence-electron chi connectivity index (χ4n) is 3.80. The minimum Gasteiger partial charge on any atom is -0.315 e. The molecule has 5 aromatic rings. The standard InChI is InChI=1S/C23H19FN6O3S/c1-27-20-19(21(32)28(2)23(27)33)29(13-25-20)12-17(31)30(11-14-7-4-3-5-8-14)22-26-18-15(24)9-6-10-16(18)34-22/h3-10,13H,11-12H2,1-2H3. The smallest absolute Gasteiger partial charge is 0.315 e. The van der Waals surface area contributed by atoms with E-state index in [2.05, 4.69) is 9.97 Å². The Hall–Kier alpha value is -4.12. The molecule has 0 saturated carbocycles. The molecule has 0 saturated heterocycles. The van der Waals surface area contributed by atoms with Crippen LogP contribution < -0.4 is 16.1 Å². The maximum absolute atomic E-state index is 14.3. The van der Waals surface area contributed by atoms with E-state index >= 15 is 0 Å². The minimum atomic E-state index is -0.542. The van der Waals surface area contributed by atoms with Crippen LogP contribution >= 0.6 is 11.3 Å². The van der Waals surface area contributed by atoms with Gasteiger partial charge in [-0.2, -0.15) is 0 Å². The molecule has 0 aliphatic carbocycles. The molecule has 3 heterocycles. The van der Waals surface area contributed by atoms with Crippen molar-refractivity contribution in [2.75, 3.05) is 4.90 Å². The number of rotatable bonds is 5. The minimum absolute atomic E-state index is 0.146. The highest BCUT2D eigenvalue weighted by atomic mass is 32.1. The largest absolute Gasteiger partial charge is 0.332 e. The van der Waals surface area contributed by atoms with Crippen LogP contribution in [0.4, 0.5) is 9.52 Å². The lowest BCUT2D eigenvalue weighted by Gasteiger charge is -2.20. The Morgan fingerprint density at radius 2 is 1.82 bits per heavy atom. The molecule has 0 aliphatic rings. The van der Waals surface area contributed by atoms with Crippen LogP contribution in [0.1, 0.15) is 5.56 Å². The lowest BCUT2D eigenvalue weighted by atomic mass is 10.2. The third-order valence-corrected chi connectivity index (χ3v) is 6.64. The first-order valence-electron chi connectivity index (χ1n) is 10.4. The first-order chi connectivity index (χ1) is 16.3. The molecule has 5 rings (SSSR count). The van der Waals surface area contributed by atoms with E-state index in [0.717, 1.165) is 10.1 Å². The number of nitrogens with zero attached hydrogens (tertiary/aromatic N) is 6. The van der Waals surface area contributed by atoms with Gasteiger partial charge in [-0.25, -0.2) is 19.2 Å². The van der Waals surface area contributed by atoms with Gasteiger partial charge in [0, 0.05) is 14.1 Å². The number of fused-ring (bicyclic) bond motifs is 2. The summed E-state index contributed by atoms with van der Waals surface area (Å²) >= 11 is 1.21. The number of carbonyl (C=O) groups is 1. The molecule has 0 unspecified atom stereocenters. The molecule has 1 amide bonds. The molecule has 0 N–H and O–H groups in total. The lowest BCUT2D eigenvalue weighted by Crippen LogP contribution is -2.38. The van der Waals surface area contributed by atoms with E-state index in [0.29, 0.717) is 9.83 Å². The van der Waals surface area contributed by atoms with Gasteiger partial charge in [0.25, 0.3) is 5.56 Å². The van der Waals surface area contributed by atoms with E-state index in [1.54, 1.807) is 12.1 Å². The molecule has 0 bridgehead atoms.